The molecule has 0 unspecified atom stereocenters. The molecule has 1 N–H and O–H groups in total. The van der Waals surface area contributed by atoms with Gasteiger partial charge in [0.05, 0.1) is 22.6 Å². The number of nitrogens with one attached hydrogen (secondary N) is 1. The van der Waals surface area contributed by atoms with Crippen molar-refractivity contribution < 1.29 is 35.9 Å². The van der Waals surface area contributed by atoms with Crippen LogP contribution in [0.15, 0.2) is 34.2 Å². The molecule has 0 bridgehead atoms. The van der Waals surface area contributed by atoms with E-state index in [-0.39, 0.29) is 36.5 Å². The van der Waals surface area contributed by atoms with Gasteiger partial charge in [-0.1, -0.05) is 12.1 Å². The fourth-order valence-corrected chi connectivity index (χ4v) is 4.56. The molecule has 0 atom stereocenters. The van der Waals surface area contributed by atoms with Crippen LogP contribution < -0.4 is 5.32 Å². The summed E-state index contributed by atoms with van der Waals surface area (Å²) in [6.07, 6.45) is -6.71. The molecular formula is C22H24F6N4O2S. The average molecular weight is 523 g/mol. The smallest absolute Gasteiger partial charge is 0.360 e. The third-order valence-corrected chi connectivity index (χ3v) is 6.51. The number of carbonyl (C=O) groups is 2. The summed E-state index contributed by atoms with van der Waals surface area (Å²) >= 11 is 0.939. The number of hydrogen-bond donors (Lipinski definition) is 1. The summed E-state index contributed by atoms with van der Waals surface area (Å²) in [6, 6.07) is 1.73. The van der Waals surface area contributed by atoms with Gasteiger partial charge in [-0.15, -0.1) is 0 Å². The van der Waals surface area contributed by atoms with Gasteiger partial charge in [-0.3, -0.25) is 14.5 Å². The molecule has 35 heavy (non-hydrogen) atoms. The second-order valence-corrected chi connectivity index (χ2v) is 9.48. The quantitative estimate of drug-likeness (QED) is 0.565. The fourth-order valence-electron chi connectivity index (χ4n) is 3.76. The van der Waals surface area contributed by atoms with Crippen molar-refractivity contribution >= 4 is 28.7 Å². The highest BCUT2D eigenvalue weighted by Gasteiger charge is 2.38. The minimum Gasteiger partial charge on any atom is -0.360 e. The Balaban J connectivity index is 1.63. The zero-order chi connectivity index (χ0) is 26.0. The van der Waals surface area contributed by atoms with E-state index in [0.29, 0.717) is 42.7 Å². The first-order valence-corrected chi connectivity index (χ1v) is 11.5. The molecule has 1 aromatic carbocycles. The van der Waals surface area contributed by atoms with Crippen LogP contribution in [-0.2, 0) is 23.7 Å². The van der Waals surface area contributed by atoms with Gasteiger partial charge in [-0.25, -0.2) is 0 Å². The third-order valence-electron chi connectivity index (χ3n) is 5.70. The predicted molar refractivity (Wildman–Crippen MR) is 120 cm³/mol. The van der Waals surface area contributed by atoms with Crippen molar-refractivity contribution in [3.63, 3.8) is 0 Å². The molecule has 2 aliphatic rings. The number of piperidine rings is 1. The summed E-state index contributed by atoms with van der Waals surface area (Å²) in [5.41, 5.74) is -2.82. The van der Waals surface area contributed by atoms with Crippen LogP contribution in [0.5, 0.6) is 0 Å². The number of likely N-dealkylation sites (N-methyl/N-ethyl adjacent to an activating group) is 1. The van der Waals surface area contributed by atoms with Gasteiger partial charge >= 0.3 is 17.6 Å². The zero-order valence-corrected chi connectivity index (χ0v) is 19.8. The van der Waals surface area contributed by atoms with Crippen molar-refractivity contribution in [3.8, 4) is 0 Å². The number of likely N-dealkylation sites (tertiary alicyclic amines) is 1. The van der Waals surface area contributed by atoms with Gasteiger partial charge in [0.15, 0.2) is 0 Å². The molecule has 0 aliphatic carbocycles. The molecule has 0 spiro atoms. The highest BCUT2D eigenvalue weighted by Crippen LogP contribution is 2.38. The molecule has 6 nitrogen and oxygen atoms in total. The number of carbonyl (C=O) groups excluding carboxylic acids is 2. The molecule has 1 aromatic rings. The Morgan fingerprint density at radius 2 is 1.83 bits per heavy atom. The normalized spacial score (nSPS) is 19.3. The summed E-state index contributed by atoms with van der Waals surface area (Å²) < 4.78 is 78.9. The SMILES string of the molecule is CN(C)C(=O)CNC1=NC(=O)S/C1=C\C1CCN(Cc2ccc(C(F)(F)F)cc2C(F)(F)F)CC1. The lowest BCUT2D eigenvalue weighted by Gasteiger charge is -2.31. The topological polar surface area (TPSA) is 65.0 Å². The Morgan fingerprint density at radius 3 is 2.40 bits per heavy atom. The lowest BCUT2D eigenvalue weighted by molar-refractivity contribution is -0.143. The van der Waals surface area contributed by atoms with Gasteiger partial charge in [0.2, 0.25) is 5.91 Å². The van der Waals surface area contributed by atoms with Gasteiger partial charge in [-0.05, 0) is 61.3 Å². The van der Waals surface area contributed by atoms with E-state index in [1.54, 1.807) is 19.0 Å². The number of nitrogens with zero attached hydrogens (tertiary/aromatic N) is 3. The van der Waals surface area contributed by atoms with Crippen molar-refractivity contribution in [2.45, 2.75) is 31.7 Å². The molecule has 0 radical (unpaired) electrons. The molecule has 2 heterocycles. The molecule has 0 saturated carbocycles. The number of alkyl halides is 6. The Kier molecular flexibility index (Phi) is 8.20. The fraction of sp³-hybridized carbons (Fsp3) is 0.500. The number of allylic oxidation sites excluding steroid dienone is 1. The molecule has 1 fully saturated rings. The number of rotatable bonds is 5. The van der Waals surface area contributed by atoms with Crippen molar-refractivity contribution in [2.75, 3.05) is 33.7 Å². The van der Waals surface area contributed by atoms with Crippen LogP contribution in [0.4, 0.5) is 31.1 Å². The van der Waals surface area contributed by atoms with Crippen molar-refractivity contribution in [1.82, 2.24) is 15.1 Å². The van der Waals surface area contributed by atoms with Crippen LogP contribution in [0.3, 0.4) is 0 Å². The predicted octanol–water partition coefficient (Wildman–Crippen LogP) is 4.76. The maximum atomic E-state index is 13.4. The maximum absolute atomic E-state index is 13.4. The minimum absolute atomic E-state index is 0.0237. The second kappa shape index (κ2) is 10.6. The largest absolute Gasteiger partial charge is 0.416 e. The van der Waals surface area contributed by atoms with Crippen molar-refractivity contribution in [1.29, 1.82) is 0 Å². The third kappa shape index (κ3) is 7.23. The Bertz CT molecular complexity index is 1030. The number of benzene rings is 1. The average Bonchev–Trinajstić information content (AvgIpc) is 3.10. The summed E-state index contributed by atoms with van der Waals surface area (Å²) in [5.74, 6) is 0.161. The highest BCUT2D eigenvalue weighted by atomic mass is 32.2. The molecule has 3 rings (SSSR count). The van der Waals surface area contributed by atoms with E-state index in [1.807, 2.05) is 6.08 Å². The van der Waals surface area contributed by atoms with Crippen molar-refractivity contribution in [2.24, 2.45) is 10.9 Å². The van der Waals surface area contributed by atoms with Crippen molar-refractivity contribution in [3.05, 3.63) is 45.9 Å². The molecule has 192 valence electrons. The Morgan fingerprint density at radius 1 is 1.17 bits per heavy atom. The van der Waals surface area contributed by atoms with Crippen LogP contribution in [0.2, 0.25) is 0 Å². The number of thioether (sulfide) groups is 1. The lowest BCUT2D eigenvalue weighted by Crippen LogP contribution is -2.36. The zero-order valence-electron chi connectivity index (χ0n) is 19.0. The van der Waals surface area contributed by atoms with E-state index in [1.165, 1.54) is 4.90 Å². The Hall–Kier alpha value is -2.54. The van der Waals surface area contributed by atoms with E-state index in [9.17, 15) is 35.9 Å². The molecule has 1 saturated heterocycles. The molecule has 13 heteroatoms. The minimum atomic E-state index is -4.90. The molecule has 0 aromatic heterocycles. The van der Waals surface area contributed by atoms with E-state index in [2.05, 4.69) is 10.3 Å². The summed E-state index contributed by atoms with van der Waals surface area (Å²) in [7, 11) is 3.21. The van der Waals surface area contributed by atoms with Crippen LogP contribution in [0, 0.1) is 5.92 Å². The maximum Gasteiger partial charge on any atom is 0.416 e. The lowest BCUT2D eigenvalue weighted by atomic mass is 9.95. The van der Waals surface area contributed by atoms with Crippen LogP contribution in [-0.4, -0.2) is 60.5 Å². The van der Waals surface area contributed by atoms with Crippen LogP contribution in [0.1, 0.15) is 29.5 Å². The number of hydrogen-bond acceptors (Lipinski definition) is 5. The molecule has 2 aliphatic heterocycles. The Labute approximate surface area is 202 Å². The number of halogens is 6. The first-order valence-electron chi connectivity index (χ1n) is 10.7. The molecular weight excluding hydrogens is 498 g/mol. The van der Waals surface area contributed by atoms with E-state index in [4.69, 9.17) is 0 Å². The number of aliphatic imine (C=N–C) groups is 1. The van der Waals surface area contributed by atoms with Crippen LogP contribution in [0.25, 0.3) is 0 Å². The van der Waals surface area contributed by atoms with Gasteiger partial charge in [-0.2, -0.15) is 31.3 Å². The van der Waals surface area contributed by atoms with E-state index in [0.717, 1.165) is 17.8 Å². The van der Waals surface area contributed by atoms with Gasteiger partial charge in [0.1, 0.15) is 5.84 Å². The highest BCUT2D eigenvalue weighted by molar-refractivity contribution is 8.18. The van der Waals surface area contributed by atoms with Gasteiger partial charge < -0.3 is 10.2 Å². The van der Waals surface area contributed by atoms with E-state index < -0.39 is 28.7 Å². The summed E-state index contributed by atoms with van der Waals surface area (Å²) in [4.78, 5) is 31.2. The second-order valence-electron chi connectivity index (χ2n) is 8.48. The number of amidine groups is 1. The summed E-state index contributed by atoms with van der Waals surface area (Å²) in [5, 5.41) is 2.45. The standard InChI is InChI=1S/C22H24F6N4O2S/c1-31(2)18(33)11-29-19-17(35-20(34)30-19)9-13-5-7-32(8-6-13)12-14-3-4-15(21(23,24)25)10-16(14)22(26,27)28/h3-4,9-10,13H,5-8,11-12H2,1-2H3,(H,29,30,34)/b17-9-. The first-order chi connectivity index (χ1) is 16.2. The van der Waals surface area contributed by atoms with Crippen LogP contribution >= 0.6 is 11.8 Å². The summed E-state index contributed by atoms with van der Waals surface area (Å²) in [6.45, 7) is 0.726. The van der Waals surface area contributed by atoms with E-state index >= 15 is 0 Å². The first kappa shape index (κ1) is 27.1. The van der Waals surface area contributed by atoms with Gasteiger partial charge in [0.25, 0.3) is 0 Å². The van der Waals surface area contributed by atoms with Gasteiger partial charge in [0, 0.05) is 20.6 Å². The monoisotopic (exact) mass is 522 g/mol. The molecule has 2 amide bonds. The number of amides is 2.